The van der Waals surface area contributed by atoms with Crippen molar-refractivity contribution < 1.29 is 42.2 Å². The van der Waals surface area contributed by atoms with Gasteiger partial charge in [-0.2, -0.15) is 0 Å². The van der Waals surface area contributed by atoms with E-state index < -0.39 is 71.2 Å². The number of carbonyl (C=O) groups excluding carboxylic acids is 5. The lowest BCUT2D eigenvalue weighted by Gasteiger charge is -2.37. The van der Waals surface area contributed by atoms with E-state index in [1.165, 1.54) is 14.8 Å². The van der Waals surface area contributed by atoms with E-state index in [0.717, 1.165) is 50.1 Å². The van der Waals surface area contributed by atoms with Crippen LogP contribution in [0.5, 0.6) is 0 Å². The van der Waals surface area contributed by atoms with Crippen LogP contribution < -0.4 is 10.7 Å². The minimum absolute atomic E-state index is 0.0868. The highest BCUT2D eigenvalue weighted by Gasteiger charge is 2.44. The first-order valence-electron chi connectivity index (χ1n) is 26.5. The molecule has 8 rings (SSSR count). The number of pyridine rings is 1. The minimum Gasteiger partial charge on any atom is -0.464 e. The first-order valence-corrected chi connectivity index (χ1v) is 26.5. The normalized spacial score (nSPS) is 22.0. The molecule has 4 aliphatic rings. The second-order valence-corrected chi connectivity index (χ2v) is 22.6. The Morgan fingerprint density at radius 1 is 1.03 bits per heavy atom. The van der Waals surface area contributed by atoms with Gasteiger partial charge in [0.15, 0.2) is 0 Å². The van der Waals surface area contributed by atoms with Gasteiger partial charge in [-0.25, -0.2) is 14.2 Å². The van der Waals surface area contributed by atoms with Crippen LogP contribution >= 0.6 is 0 Å². The van der Waals surface area contributed by atoms with Crippen LogP contribution in [0.1, 0.15) is 104 Å². The van der Waals surface area contributed by atoms with Crippen molar-refractivity contribution in [2.45, 2.75) is 136 Å². The Balaban J connectivity index is 1.09. The van der Waals surface area contributed by atoms with Gasteiger partial charge in [-0.1, -0.05) is 63.9 Å². The summed E-state index contributed by atoms with van der Waals surface area (Å²) < 4.78 is 42.3. The second-order valence-electron chi connectivity index (χ2n) is 22.6. The molecule has 4 aliphatic heterocycles. The smallest absolute Gasteiger partial charge is 0.324 e. The van der Waals surface area contributed by atoms with Gasteiger partial charge >= 0.3 is 5.97 Å². The molecular formula is C58H74F2N8O7. The SMILES string of the molecule is CCn1c(-c2cccnc2[C@H](C)OC)c2c3cc(ccc31)-c1cccc(c1)C[C@H](NC(=O)[C@H](C(C)C)N(C)C(=O)[C@H]1CCN(C(=O)C#CC(C)(C)N3CCC(F)(F)C3)C1)C(=O)N1CCC[C@H](N1)C(=O)OCC(C)(C)C2. The van der Waals surface area contributed by atoms with Crippen LogP contribution in [0.25, 0.3) is 33.3 Å². The number of amides is 4. The van der Waals surface area contributed by atoms with E-state index in [-0.39, 0.29) is 63.6 Å². The second kappa shape index (κ2) is 22.2. The van der Waals surface area contributed by atoms with Crippen LogP contribution in [0, 0.1) is 29.1 Å². The number of aromatic nitrogens is 2. The van der Waals surface area contributed by atoms with Gasteiger partial charge in [-0.15, -0.1) is 0 Å². The molecule has 3 fully saturated rings. The zero-order valence-electron chi connectivity index (χ0n) is 45.2. The molecule has 15 nitrogen and oxygen atoms in total. The van der Waals surface area contributed by atoms with Gasteiger partial charge in [-0.05, 0) is 112 Å². The summed E-state index contributed by atoms with van der Waals surface area (Å²) in [6, 6.07) is 15.5. The predicted molar refractivity (Wildman–Crippen MR) is 283 cm³/mol. The number of esters is 1. The summed E-state index contributed by atoms with van der Waals surface area (Å²) in [5.74, 6) is -0.520. The van der Waals surface area contributed by atoms with Crippen LogP contribution in [-0.4, -0.2) is 142 Å². The Morgan fingerprint density at radius 3 is 2.49 bits per heavy atom. The van der Waals surface area contributed by atoms with Gasteiger partial charge in [0.05, 0.1) is 42.1 Å². The number of methoxy groups -OCH3 is 1. The fraction of sp³-hybridized carbons (Fsp3) is 0.552. The number of halogens is 2. The number of hydrogen-bond acceptors (Lipinski definition) is 10. The number of cyclic esters (lactones) is 1. The fourth-order valence-electron chi connectivity index (χ4n) is 11.3. The average molecular weight is 1030 g/mol. The van der Waals surface area contributed by atoms with Crippen LogP contribution in [-0.2, 0) is 52.8 Å². The summed E-state index contributed by atoms with van der Waals surface area (Å²) in [7, 11) is 3.25. The molecule has 2 aromatic carbocycles. The quantitative estimate of drug-likeness (QED) is 0.123. The van der Waals surface area contributed by atoms with Crippen molar-refractivity contribution in [3.8, 4) is 34.2 Å². The fourth-order valence-corrected chi connectivity index (χ4v) is 11.3. The molecule has 0 aliphatic carbocycles. The van der Waals surface area contributed by atoms with Gasteiger partial charge < -0.3 is 29.2 Å². The van der Waals surface area contributed by atoms with Gasteiger partial charge in [0.2, 0.25) is 11.8 Å². The monoisotopic (exact) mass is 1030 g/mol. The first kappa shape index (κ1) is 55.0. The van der Waals surface area contributed by atoms with Crippen LogP contribution in [0.2, 0.25) is 0 Å². The summed E-state index contributed by atoms with van der Waals surface area (Å²) in [5, 5.41) is 5.52. The van der Waals surface area contributed by atoms with Crippen LogP contribution in [0.4, 0.5) is 8.78 Å². The average Bonchev–Trinajstić information content (AvgIpc) is 4.13. The zero-order valence-corrected chi connectivity index (χ0v) is 45.2. The highest BCUT2D eigenvalue weighted by atomic mass is 19.3. The molecule has 75 heavy (non-hydrogen) atoms. The topological polar surface area (TPSA) is 159 Å². The standard InChI is InChI=1S/C58H74F2N8O7/c1-11-67-47-20-19-40-31-43(47)44(51(67)42-17-13-25-61-49(42)37(4)74-10)32-56(5,6)35-75-55(73)45-18-14-26-68(63-45)54(72)46(30-38-15-12-16-39(40)29-38)62-52(70)50(36(2)3)64(9)53(71)41-22-27-65(33-41)48(69)21-23-57(7,8)66-28-24-58(59,60)34-66/h12-13,15-17,19-20,25,29,31,36-37,41,45-46,50,63H,11,14,18,22,24,26-28,30,32-35H2,1-10H3,(H,62,70)/t37-,41-,45-,46-,50-/m0/s1. The summed E-state index contributed by atoms with van der Waals surface area (Å²) in [4.78, 5) is 80.4. The van der Waals surface area contributed by atoms with Crippen molar-refractivity contribution in [3.63, 3.8) is 0 Å². The molecule has 402 valence electrons. The maximum Gasteiger partial charge on any atom is 0.324 e. The molecule has 0 radical (unpaired) electrons. The maximum atomic E-state index is 14.8. The number of nitrogens with zero attached hydrogens (tertiary/aromatic N) is 6. The molecule has 0 saturated carbocycles. The number of likely N-dealkylation sites (tertiary alicyclic amines) is 2. The Labute approximate surface area is 440 Å². The third-order valence-corrected chi connectivity index (χ3v) is 15.6. The van der Waals surface area contributed by atoms with Crippen molar-refractivity contribution in [1.29, 1.82) is 0 Å². The van der Waals surface area contributed by atoms with Crippen molar-refractivity contribution >= 4 is 40.5 Å². The lowest BCUT2D eigenvalue weighted by atomic mass is 9.84. The summed E-state index contributed by atoms with van der Waals surface area (Å²) >= 11 is 0. The molecule has 3 saturated heterocycles. The number of alkyl halides is 2. The third-order valence-electron chi connectivity index (χ3n) is 15.6. The summed E-state index contributed by atoms with van der Waals surface area (Å²) in [6.07, 6.45) is 3.23. The van der Waals surface area contributed by atoms with Crippen LogP contribution in [0.15, 0.2) is 60.8 Å². The number of benzene rings is 2. The van der Waals surface area contributed by atoms with Crippen molar-refractivity contribution in [1.82, 2.24) is 40.0 Å². The molecule has 0 spiro atoms. The van der Waals surface area contributed by atoms with E-state index >= 15 is 0 Å². The molecule has 2 aromatic heterocycles. The molecule has 0 unspecified atom stereocenters. The summed E-state index contributed by atoms with van der Waals surface area (Å²) in [5.41, 5.74) is 9.30. The van der Waals surface area contributed by atoms with Gasteiger partial charge in [0.1, 0.15) is 18.1 Å². The van der Waals surface area contributed by atoms with Crippen molar-refractivity contribution in [2.24, 2.45) is 17.3 Å². The number of carbonyl (C=O) groups is 5. The van der Waals surface area contributed by atoms with Gasteiger partial charge in [0.25, 0.3) is 17.7 Å². The molecule has 6 bridgehead atoms. The number of ether oxygens (including phenoxy) is 2. The number of rotatable bonds is 10. The van der Waals surface area contributed by atoms with Crippen molar-refractivity contribution in [2.75, 3.05) is 53.5 Å². The highest BCUT2D eigenvalue weighted by Crippen LogP contribution is 2.42. The number of hydrazine groups is 1. The Morgan fingerprint density at radius 2 is 1.79 bits per heavy atom. The lowest BCUT2D eigenvalue weighted by Crippen LogP contribution is -2.62. The number of likely N-dealkylation sites (N-methyl/N-ethyl adjacent to an activating group) is 1. The number of aryl methyl sites for hydroxylation is 1. The molecule has 2 N–H and O–H groups in total. The van der Waals surface area contributed by atoms with E-state index in [1.54, 1.807) is 39.1 Å². The molecule has 5 atom stereocenters. The van der Waals surface area contributed by atoms with Gasteiger partial charge in [-0.3, -0.25) is 38.9 Å². The van der Waals surface area contributed by atoms with E-state index in [2.05, 4.69) is 72.2 Å². The van der Waals surface area contributed by atoms with Crippen molar-refractivity contribution in [3.05, 3.63) is 77.6 Å². The Hall–Kier alpha value is -6.22. The minimum atomic E-state index is -2.80. The van der Waals surface area contributed by atoms with Gasteiger partial charge in [0, 0.05) is 87.8 Å². The zero-order chi connectivity index (χ0) is 54.1. The maximum absolute atomic E-state index is 14.8. The van der Waals surface area contributed by atoms with E-state index in [0.29, 0.717) is 32.2 Å². The first-order chi connectivity index (χ1) is 35.5. The molecule has 4 aromatic rings. The number of fused-ring (bicyclic) bond motifs is 6. The van der Waals surface area contributed by atoms with Crippen LogP contribution in [0.3, 0.4) is 0 Å². The van der Waals surface area contributed by atoms with E-state index in [9.17, 15) is 32.8 Å². The Bertz CT molecular complexity index is 2890. The molecule has 4 amide bonds. The van der Waals surface area contributed by atoms with E-state index in [1.807, 2.05) is 51.1 Å². The Kier molecular flexibility index (Phi) is 16.3. The molecule has 17 heteroatoms. The lowest BCUT2D eigenvalue weighted by molar-refractivity contribution is -0.155. The number of nitrogens with one attached hydrogen (secondary N) is 2. The molecule has 6 heterocycles. The molecular weight excluding hydrogens is 959 g/mol. The predicted octanol–water partition coefficient (Wildman–Crippen LogP) is 7.20. The third kappa shape index (κ3) is 11.9. The highest BCUT2D eigenvalue weighted by molar-refractivity contribution is 5.97. The summed E-state index contributed by atoms with van der Waals surface area (Å²) in [6.45, 7) is 16.6. The number of hydrogen-bond donors (Lipinski definition) is 2. The van der Waals surface area contributed by atoms with E-state index in [4.69, 9.17) is 14.5 Å². The largest absolute Gasteiger partial charge is 0.464 e.